The Morgan fingerprint density at radius 1 is 0.688 bits per heavy atom. The first-order valence-electron chi connectivity index (χ1n) is 10.8. The average Bonchev–Trinajstić information content (AvgIpc) is 2.87. The Morgan fingerprint density at radius 3 is 1.66 bits per heavy atom. The number of ether oxygens (including phenoxy) is 1. The van der Waals surface area contributed by atoms with Crippen LogP contribution in [-0.2, 0) is 4.79 Å². The molecule has 4 rings (SSSR count). The van der Waals surface area contributed by atoms with Crippen LogP contribution in [0.3, 0.4) is 0 Å². The fourth-order valence-electron chi connectivity index (χ4n) is 3.16. The smallest absolute Gasteiger partial charge is 0.361 e. The second-order valence-corrected chi connectivity index (χ2v) is 6.75. The highest BCUT2D eigenvalue weighted by atomic mass is 16.5. The van der Waals surface area contributed by atoms with Crippen LogP contribution in [0.4, 0.5) is 0 Å². The molecule has 0 aliphatic rings. The van der Waals surface area contributed by atoms with Gasteiger partial charge in [0.2, 0.25) is 0 Å². The van der Waals surface area contributed by atoms with Crippen molar-refractivity contribution >= 4 is 5.97 Å². The highest BCUT2D eigenvalue weighted by Gasteiger charge is 2.20. The fraction of sp³-hybridized carbons (Fsp3) is 0.103. The number of allylic oxidation sites excluding steroid dienone is 1. The molecule has 4 aromatic rings. The Labute approximate surface area is 189 Å². The zero-order chi connectivity index (χ0) is 22.8. The van der Waals surface area contributed by atoms with Crippen molar-refractivity contribution in [2.45, 2.75) is 20.8 Å². The van der Waals surface area contributed by atoms with Crippen molar-refractivity contribution in [2.75, 3.05) is 0 Å². The lowest BCUT2D eigenvalue weighted by molar-refractivity contribution is -0.129. The van der Waals surface area contributed by atoms with Crippen molar-refractivity contribution in [1.29, 1.82) is 0 Å². The van der Waals surface area contributed by atoms with E-state index in [0.29, 0.717) is 5.75 Å². The topological polar surface area (TPSA) is 37.6 Å². The van der Waals surface area contributed by atoms with E-state index in [0.717, 1.165) is 33.8 Å². The van der Waals surface area contributed by atoms with Gasteiger partial charge >= 0.3 is 17.5 Å². The van der Waals surface area contributed by atoms with Crippen molar-refractivity contribution in [3.63, 3.8) is 0 Å². The lowest BCUT2D eigenvalue weighted by atomic mass is 10.0. The third-order valence-electron chi connectivity index (χ3n) is 4.62. The normalized spacial score (nSPS) is 10.3. The van der Waals surface area contributed by atoms with Gasteiger partial charge in [0.1, 0.15) is 5.75 Å². The summed E-state index contributed by atoms with van der Waals surface area (Å²) in [5, 5.41) is 0. The summed E-state index contributed by atoms with van der Waals surface area (Å²) in [5.41, 5.74) is 4.04. The molecule has 0 unspecified atom stereocenters. The predicted octanol–water partition coefficient (Wildman–Crippen LogP) is 8.07. The SMILES string of the molecule is CC.CC=CC(=O)Oc1ccc(-c2cc(-c3ccccc3)[o+]c(-c3ccccc3)c2)cc1. The van der Waals surface area contributed by atoms with Crippen LogP contribution in [0, 0.1) is 0 Å². The van der Waals surface area contributed by atoms with Gasteiger partial charge in [-0.25, -0.2) is 9.21 Å². The molecular formula is C29H27O3+. The Kier molecular flexibility index (Phi) is 8.10. The summed E-state index contributed by atoms with van der Waals surface area (Å²) in [6, 6.07) is 31.6. The molecule has 0 N–H and O–H groups in total. The molecule has 1 aromatic heterocycles. The Bertz CT molecular complexity index is 1100. The number of hydrogen-bond acceptors (Lipinski definition) is 2. The summed E-state index contributed by atoms with van der Waals surface area (Å²) in [6.07, 6.45) is 3.05. The first-order valence-corrected chi connectivity index (χ1v) is 10.8. The zero-order valence-corrected chi connectivity index (χ0v) is 18.6. The van der Waals surface area contributed by atoms with E-state index in [1.54, 1.807) is 25.1 Å². The van der Waals surface area contributed by atoms with E-state index in [1.807, 2.05) is 98.8 Å². The molecule has 0 bridgehead atoms. The molecule has 0 aliphatic carbocycles. The fourth-order valence-corrected chi connectivity index (χ4v) is 3.16. The van der Waals surface area contributed by atoms with Crippen LogP contribution in [0.2, 0.25) is 0 Å². The quantitative estimate of drug-likeness (QED) is 0.141. The van der Waals surface area contributed by atoms with Crippen molar-refractivity contribution in [3.05, 3.63) is 109 Å². The molecule has 32 heavy (non-hydrogen) atoms. The van der Waals surface area contributed by atoms with Crippen molar-refractivity contribution < 1.29 is 13.9 Å². The minimum absolute atomic E-state index is 0.388. The summed E-state index contributed by atoms with van der Waals surface area (Å²) in [5.74, 6) is 1.70. The highest BCUT2D eigenvalue weighted by molar-refractivity contribution is 5.84. The minimum Gasteiger partial charge on any atom is -0.423 e. The van der Waals surface area contributed by atoms with E-state index >= 15 is 0 Å². The molecule has 0 amide bonds. The number of carbonyl (C=O) groups excluding carboxylic acids is 1. The third kappa shape index (κ3) is 5.79. The second kappa shape index (κ2) is 11.4. The molecule has 1 heterocycles. The summed E-state index contributed by atoms with van der Waals surface area (Å²) in [4.78, 5) is 11.6. The van der Waals surface area contributed by atoms with Crippen LogP contribution in [0.25, 0.3) is 33.8 Å². The first kappa shape index (κ1) is 22.7. The standard InChI is InChI=1S/C27H21O3.C2H6/c1-2-9-27(28)29-24-16-14-20(15-17-24)23-18-25(21-10-5-3-6-11-21)30-26(19-23)22-12-7-4-8-13-22;1-2/h2-19H,1H3;1-2H3/q+1;. The van der Waals surface area contributed by atoms with Gasteiger partial charge in [-0.05, 0) is 48.9 Å². The molecule has 0 radical (unpaired) electrons. The molecule has 0 fully saturated rings. The van der Waals surface area contributed by atoms with Crippen LogP contribution in [-0.4, -0.2) is 5.97 Å². The lowest BCUT2D eigenvalue weighted by Gasteiger charge is -2.05. The van der Waals surface area contributed by atoms with Crippen LogP contribution >= 0.6 is 0 Å². The number of esters is 1. The van der Waals surface area contributed by atoms with E-state index in [1.165, 1.54) is 6.08 Å². The van der Waals surface area contributed by atoms with Gasteiger partial charge in [0.25, 0.3) is 0 Å². The summed E-state index contributed by atoms with van der Waals surface area (Å²) in [6.45, 7) is 5.78. The molecule has 160 valence electrons. The number of carbonyl (C=O) groups is 1. The summed E-state index contributed by atoms with van der Waals surface area (Å²) < 4.78 is 11.5. The maximum absolute atomic E-state index is 11.6. The summed E-state index contributed by atoms with van der Waals surface area (Å²) in [7, 11) is 0. The van der Waals surface area contributed by atoms with E-state index < -0.39 is 0 Å². The van der Waals surface area contributed by atoms with Crippen LogP contribution in [0.1, 0.15) is 20.8 Å². The lowest BCUT2D eigenvalue weighted by Crippen LogP contribution is -2.03. The largest absolute Gasteiger partial charge is 0.423 e. The van der Waals surface area contributed by atoms with Gasteiger partial charge in [0, 0.05) is 11.6 Å². The van der Waals surface area contributed by atoms with Gasteiger partial charge in [0.05, 0.1) is 23.3 Å². The van der Waals surface area contributed by atoms with Gasteiger partial charge in [-0.15, -0.1) is 0 Å². The Hall–Kier alpha value is -3.98. The van der Waals surface area contributed by atoms with E-state index in [2.05, 4.69) is 0 Å². The Morgan fingerprint density at radius 2 is 1.19 bits per heavy atom. The summed E-state index contributed by atoms with van der Waals surface area (Å²) >= 11 is 0. The van der Waals surface area contributed by atoms with Crippen LogP contribution < -0.4 is 4.74 Å². The molecule has 3 aromatic carbocycles. The van der Waals surface area contributed by atoms with Gasteiger partial charge in [-0.2, -0.15) is 0 Å². The monoisotopic (exact) mass is 423 g/mol. The molecule has 0 saturated carbocycles. The molecular weight excluding hydrogens is 396 g/mol. The molecule has 3 nitrogen and oxygen atoms in total. The van der Waals surface area contributed by atoms with E-state index in [9.17, 15) is 4.79 Å². The number of benzene rings is 3. The van der Waals surface area contributed by atoms with Crippen LogP contribution in [0.15, 0.2) is 114 Å². The average molecular weight is 424 g/mol. The first-order chi connectivity index (χ1) is 15.7. The number of hydrogen-bond donors (Lipinski definition) is 0. The van der Waals surface area contributed by atoms with E-state index in [4.69, 9.17) is 9.15 Å². The second-order valence-electron chi connectivity index (χ2n) is 6.75. The molecule has 3 heteroatoms. The third-order valence-corrected chi connectivity index (χ3v) is 4.62. The van der Waals surface area contributed by atoms with Crippen molar-refractivity contribution in [1.82, 2.24) is 0 Å². The minimum atomic E-state index is -0.388. The van der Waals surface area contributed by atoms with Crippen molar-refractivity contribution in [2.24, 2.45) is 0 Å². The zero-order valence-electron chi connectivity index (χ0n) is 18.6. The molecule has 0 atom stereocenters. The Balaban J connectivity index is 0.00000141. The molecule has 0 saturated heterocycles. The van der Waals surface area contributed by atoms with Crippen LogP contribution in [0.5, 0.6) is 5.75 Å². The highest BCUT2D eigenvalue weighted by Crippen LogP contribution is 2.33. The van der Waals surface area contributed by atoms with Crippen molar-refractivity contribution in [3.8, 4) is 39.5 Å². The van der Waals surface area contributed by atoms with Gasteiger partial charge in [-0.3, -0.25) is 0 Å². The maximum Gasteiger partial charge on any atom is 0.361 e. The number of rotatable bonds is 5. The van der Waals surface area contributed by atoms with Gasteiger partial charge in [0.15, 0.2) is 0 Å². The van der Waals surface area contributed by atoms with Gasteiger partial charge in [-0.1, -0.05) is 68.5 Å². The maximum atomic E-state index is 11.6. The molecule has 0 spiro atoms. The molecule has 0 aliphatic heterocycles. The van der Waals surface area contributed by atoms with Gasteiger partial charge < -0.3 is 4.74 Å². The van der Waals surface area contributed by atoms with E-state index in [-0.39, 0.29) is 5.97 Å². The predicted molar refractivity (Wildman–Crippen MR) is 131 cm³/mol.